The van der Waals surface area contributed by atoms with Gasteiger partial charge in [0, 0.05) is 23.9 Å². The minimum atomic E-state index is -3.74. The highest BCUT2D eigenvalue weighted by atomic mass is 32.2. The smallest absolute Gasteiger partial charge is 0.264 e. The lowest BCUT2D eigenvalue weighted by molar-refractivity contribution is 0.594. The van der Waals surface area contributed by atoms with Gasteiger partial charge in [-0.05, 0) is 48.1 Å². The average Bonchev–Trinajstić information content (AvgIpc) is 3.38. The van der Waals surface area contributed by atoms with E-state index in [0.717, 1.165) is 22.5 Å². The van der Waals surface area contributed by atoms with Gasteiger partial charge in [-0.1, -0.05) is 78.9 Å². The van der Waals surface area contributed by atoms with Crippen LogP contribution in [0.15, 0.2) is 119 Å². The first-order valence-corrected chi connectivity index (χ1v) is 14.3. The Hall–Kier alpha value is -4.80. The van der Waals surface area contributed by atoms with E-state index in [0.29, 0.717) is 27.8 Å². The molecular formula is C30H24N6O2S2. The molecule has 5 aromatic rings. The highest BCUT2D eigenvalue weighted by Gasteiger charge is 2.38. The summed E-state index contributed by atoms with van der Waals surface area (Å²) in [5, 5.41) is 12.6. The SMILES string of the molecule is CN1c2c(nn(-c3ccc(/C=N/NC(=S)Nc4ccccc4)cc3)c2-c2ccccc2)-c2ccccc2S1(=O)=O. The van der Waals surface area contributed by atoms with E-state index in [4.69, 9.17) is 17.3 Å². The maximum atomic E-state index is 13.4. The third kappa shape index (κ3) is 4.63. The molecule has 0 amide bonds. The third-order valence-electron chi connectivity index (χ3n) is 6.55. The van der Waals surface area contributed by atoms with Crippen LogP contribution >= 0.6 is 12.2 Å². The van der Waals surface area contributed by atoms with Crippen molar-refractivity contribution in [1.82, 2.24) is 15.2 Å². The number of para-hydroxylation sites is 1. The number of benzene rings is 4. The van der Waals surface area contributed by atoms with Crippen molar-refractivity contribution in [2.75, 3.05) is 16.7 Å². The van der Waals surface area contributed by atoms with Crippen molar-refractivity contribution in [3.63, 3.8) is 0 Å². The average molecular weight is 565 g/mol. The molecule has 0 bridgehead atoms. The van der Waals surface area contributed by atoms with Crippen molar-refractivity contribution in [1.29, 1.82) is 0 Å². The quantitative estimate of drug-likeness (QED) is 0.163. The van der Waals surface area contributed by atoms with Crippen LogP contribution in [-0.4, -0.2) is 36.6 Å². The Morgan fingerprint density at radius 2 is 1.52 bits per heavy atom. The molecule has 0 saturated heterocycles. The van der Waals surface area contributed by atoms with Gasteiger partial charge in [-0.3, -0.25) is 9.73 Å². The first-order valence-electron chi connectivity index (χ1n) is 12.5. The molecule has 8 nitrogen and oxygen atoms in total. The minimum absolute atomic E-state index is 0.244. The molecule has 0 radical (unpaired) electrons. The van der Waals surface area contributed by atoms with Gasteiger partial charge in [0.25, 0.3) is 10.0 Å². The van der Waals surface area contributed by atoms with Crippen molar-refractivity contribution in [3.05, 3.63) is 115 Å². The predicted octanol–water partition coefficient (Wildman–Crippen LogP) is 5.67. The van der Waals surface area contributed by atoms with Crippen LogP contribution in [0.3, 0.4) is 0 Å². The van der Waals surface area contributed by atoms with Crippen molar-refractivity contribution in [2.45, 2.75) is 4.90 Å². The van der Waals surface area contributed by atoms with Crippen molar-refractivity contribution < 1.29 is 8.42 Å². The van der Waals surface area contributed by atoms with Crippen LogP contribution in [0.25, 0.3) is 28.2 Å². The molecule has 0 atom stereocenters. The van der Waals surface area contributed by atoms with Gasteiger partial charge >= 0.3 is 0 Å². The third-order valence-corrected chi connectivity index (χ3v) is 8.56. The molecule has 0 spiro atoms. The van der Waals surface area contributed by atoms with Crippen molar-refractivity contribution >= 4 is 44.9 Å². The largest absolute Gasteiger partial charge is 0.331 e. The lowest BCUT2D eigenvalue weighted by atomic mass is 10.1. The summed E-state index contributed by atoms with van der Waals surface area (Å²) in [5.41, 5.74) is 8.61. The van der Waals surface area contributed by atoms with Gasteiger partial charge in [-0.15, -0.1) is 0 Å². The van der Waals surface area contributed by atoms with E-state index in [1.165, 1.54) is 4.31 Å². The molecule has 6 rings (SSSR count). The molecule has 0 unspecified atom stereocenters. The molecule has 4 aromatic carbocycles. The maximum Gasteiger partial charge on any atom is 0.264 e. The highest BCUT2D eigenvalue weighted by molar-refractivity contribution is 7.93. The van der Waals surface area contributed by atoms with Gasteiger partial charge in [0.05, 0.1) is 22.5 Å². The number of hydrazone groups is 1. The van der Waals surface area contributed by atoms with E-state index in [2.05, 4.69) is 15.8 Å². The van der Waals surface area contributed by atoms with Crippen LogP contribution in [0.4, 0.5) is 11.4 Å². The summed E-state index contributed by atoms with van der Waals surface area (Å²) < 4.78 is 30.0. The summed E-state index contributed by atoms with van der Waals surface area (Å²) in [7, 11) is -2.16. The number of hydrogen-bond donors (Lipinski definition) is 2. The van der Waals surface area contributed by atoms with Crippen LogP contribution in [0.5, 0.6) is 0 Å². The summed E-state index contributed by atoms with van der Waals surface area (Å²) in [5.74, 6) is 0. The van der Waals surface area contributed by atoms with E-state index < -0.39 is 10.0 Å². The Balaban J connectivity index is 1.35. The molecule has 198 valence electrons. The second-order valence-corrected chi connectivity index (χ2v) is 11.4. The Bertz CT molecular complexity index is 1830. The second-order valence-electron chi connectivity index (χ2n) is 9.07. The maximum absolute atomic E-state index is 13.4. The fourth-order valence-electron chi connectivity index (χ4n) is 4.63. The molecule has 0 fully saturated rings. The van der Waals surface area contributed by atoms with Gasteiger partial charge in [-0.25, -0.2) is 13.1 Å². The summed E-state index contributed by atoms with van der Waals surface area (Å²) in [6, 6.07) is 33.9. The number of anilines is 2. The zero-order chi connectivity index (χ0) is 27.7. The molecule has 0 aliphatic carbocycles. The molecule has 2 heterocycles. The van der Waals surface area contributed by atoms with Crippen LogP contribution in [-0.2, 0) is 10.0 Å². The number of fused-ring (bicyclic) bond motifs is 3. The number of thiocarbonyl (C=S) groups is 1. The molecule has 10 heteroatoms. The van der Waals surface area contributed by atoms with Crippen LogP contribution < -0.4 is 15.0 Å². The zero-order valence-corrected chi connectivity index (χ0v) is 23.0. The van der Waals surface area contributed by atoms with Crippen molar-refractivity contribution in [3.8, 4) is 28.2 Å². The summed E-state index contributed by atoms with van der Waals surface area (Å²) in [4.78, 5) is 0.244. The Kier molecular flexibility index (Phi) is 6.63. The molecule has 40 heavy (non-hydrogen) atoms. The molecule has 0 saturated carbocycles. The molecule has 2 N–H and O–H groups in total. The second kappa shape index (κ2) is 10.4. The van der Waals surface area contributed by atoms with Crippen LogP contribution in [0, 0.1) is 0 Å². The number of nitrogens with zero attached hydrogens (tertiary/aromatic N) is 4. The van der Waals surface area contributed by atoms with Crippen LogP contribution in [0.1, 0.15) is 5.56 Å². The fraction of sp³-hybridized carbons (Fsp3) is 0.0333. The van der Waals surface area contributed by atoms with E-state index in [9.17, 15) is 8.42 Å². The standard InChI is InChI=1S/C30H24N6O2S2/c1-35-29-27(25-14-8-9-15-26(25)40(35,37)38)34-36(28(29)22-10-4-2-5-11-22)24-18-16-21(17-19-24)20-31-33-30(39)32-23-12-6-3-7-13-23/h2-20H,1H3,(H2,32,33,39)/b31-20+. The van der Waals surface area contributed by atoms with Crippen molar-refractivity contribution in [2.24, 2.45) is 5.10 Å². The van der Waals surface area contributed by atoms with Gasteiger partial charge in [0.15, 0.2) is 5.11 Å². The molecular weight excluding hydrogens is 541 g/mol. The lowest BCUT2D eigenvalue weighted by Gasteiger charge is -2.26. The lowest BCUT2D eigenvalue weighted by Crippen LogP contribution is -2.30. The Morgan fingerprint density at radius 3 is 2.25 bits per heavy atom. The van der Waals surface area contributed by atoms with E-state index >= 15 is 0 Å². The van der Waals surface area contributed by atoms with Gasteiger partial charge in [0.1, 0.15) is 11.4 Å². The Morgan fingerprint density at radius 1 is 0.875 bits per heavy atom. The number of aromatic nitrogens is 2. The predicted molar refractivity (Wildman–Crippen MR) is 163 cm³/mol. The molecule has 1 aliphatic heterocycles. The van der Waals surface area contributed by atoms with Gasteiger partial charge < -0.3 is 5.32 Å². The Labute approximate surface area is 237 Å². The van der Waals surface area contributed by atoms with E-state index in [1.807, 2.05) is 91.0 Å². The van der Waals surface area contributed by atoms with Gasteiger partial charge in [-0.2, -0.15) is 10.2 Å². The molecule has 1 aromatic heterocycles. The number of nitrogens with one attached hydrogen (secondary N) is 2. The van der Waals surface area contributed by atoms with E-state index in [1.54, 1.807) is 36.1 Å². The molecule has 1 aliphatic rings. The zero-order valence-electron chi connectivity index (χ0n) is 21.4. The number of rotatable bonds is 5. The fourth-order valence-corrected chi connectivity index (χ4v) is 6.21. The minimum Gasteiger partial charge on any atom is -0.331 e. The monoisotopic (exact) mass is 564 g/mol. The normalized spacial score (nSPS) is 13.5. The summed E-state index contributed by atoms with van der Waals surface area (Å²) >= 11 is 5.30. The first-order chi connectivity index (χ1) is 19.4. The highest BCUT2D eigenvalue weighted by Crippen LogP contribution is 2.47. The van der Waals surface area contributed by atoms with Gasteiger partial charge in [0.2, 0.25) is 0 Å². The van der Waals surface area contributed by atoms with Crippen LogP contribution in [0.2, 0.25) is 0 Å². The first kappa shape index (κ1) is 25.5. The number of hydrogen-bond acceptors (Lipinski definition) is 5. The topological polar surface area (TPSA) is 91.6 Å². The number of sulfonamides is 1. The summed E-state index contributed by atoms with van der Waals surface area (Å²) in [6.07, 6.45) is 1.67. The summed E-state index contributed by atoms with van der Waals surface area (Å²) in [6.45, 7) is 0. The van der Waals surface area contributed by atoms with E-state index in [-0.39, 0.29) is 4.90 Å².